The van der Waals surface area contributed by atoms with Crippen molar-refractivity contribution in [3.63, 3.8) is 0 Å². The van der Waals surface area contributed by atoms with Crippen LogP contribution in [0.25, 0.3) is 15.2 Å². The van der Waals surface area contributed by atoms with Crippen LogP contribution in [-0.4, -0.2) is 56.8 Å². The molecule has 1 aliphatic rings. The summed E-state index contributed by atoms with van der Waals surface area (Å²) < 4.78 is 28.4. The van der Waals surface area contributed by atoms with E-state index in [1.807, 2.05) is 0 Å². The quantitative estimate of drug-likeness (QED) is 0.278. The summed E-state index contributed by atoms with van der Waals surface area (Å²) in [5.41, 5.74) is 5.40. The second-order valence-corrected chi connectivity index (χ2v) is 10.1. The van der Waals surface area contributed by atoms with Crippen LogP contribution >= 0.6 is 11.3 Å². The van der Waals surface area contributed by atoms with Crippen LogP contribution in [0.3, 0.4) is 0 Å². The van der Waals surface area contributed by atoms with Gasteiger partial charge in [-0.3, -0.25) is 14.2 Å². The van der Waals surface area contributed by atoms with E-state index in [0.717, 1.165) is 4.57 Å². The molecule has 0 unspecified atom stereocenters. The Labute approximate surface area is 225 Å². The maximum Gasteiger partial charge on any atom is 0.332 e. The number of nitrogens with zero attached hydrogens (tertiary/aromatic N) is 5. The maximum atomic E-state index is 14.4. The molecule has 0 saturated carbocycles. The van der Waals surface area contributed by atoms with Crippen molar-refractivity contribution >= 4 is 27.5 Å². The molecular formula is C25H28FN7O5S. The highest BCUT2D eigenvalue weighted by Gasteiger charge is 2.33. The number of carbonyl (C=O) groups is 1. The number of hydrogen-bond donors (Lipinski definition) is 2. The summed E-state index contributed by atoms with van der Waals surface area (Å²) >= 11 is 1.17. The Morgan fingerprint density at radius 3 is 2.69 bits per heavy atom. The van der Waals surface area contributed by atoms with Crippen LogP contribution in [0.15, 0.2) is 40.2 Å². The summed E-state index contributed by atoms with van der Waals surface area (Å²) in [4.78, 5) is 42.1. The smallest absolute Gasteiger partial charge is 0.332 e. The van der Waals surface area contributed by atoms with Crippen molar-refractivity contribution in [1.82, 2.24) is 29.4 Å². The molecule has 1 saturated heterocycles. The van der Waals surface area contributed by atoms with E-state index in [0.29, 0.717) is 52.6 Å². The predicted molar refractivity (Wildman–Crippen MR) is 142 cm³/mol. The van der Waals surface area contributed by atoms with Crippen LogP contribution in [0.2, 0.25) is 0 Å². The zero-order valence-corrected chi connectivity index (χ0v) is 22.2. The summed E-state index contributed by atoms with van der Waals surface area (Å²) in [6.07, 6.45) is 3.02. The summed E-state index contributed by atoms with van der Waals surface area (Å²) in [5.74, 6) is -0.516. The number of amides is 1. The number of aromatic nitrogens is 5. The Morgan fingerprint density at radius 2 is 2.03 bits per heavy atom. The molecule has 1 aliphatic heterocycles. The molecule has 5 rings (SSSR count). The highest BCUT2D eigenvalue weighted by Crippen LogP contribution is 2.34. The van der Waals surface area contributed by atoms with Gasteiger partial charge in [-0.1, -0.05) is 11.3 Å². The Balaban J connectivity index is 1.74. The molecule has 4 heterocycles. The lowest BCUT2D eigenvalue weighted by atomic mass is 10.1. The van der Waals surface area contributed by atoms with Crippen molar-refractivity contribution in [3.05, 3.63) is 68.4 Å². The van der Waals surface area contributed by atoms with Gasteiger partial charge in [-0.25, -0.2) is 13.8 Å². The Bertz CT molecular complexity index is 1630. The number of benzene rings is 1. The summed E-state index contributed by atoms with van der Waals surface area (Å²) in [6.45, 7) is 2.64. The van der Waals surface area contributed by atoms with E-state index in [1.54, 1.807) is 6.92 Å². The molecule has 14 heteroatoms. The van der Waals surface area contributed by atoms with Crippen molar-refractivity contribution < 1.29 is 18.7 Å². The largest absolute Gasteiger partial charge is 0.496 e. The third-order valence-corrected chi connectivity index (χ3v) is 7.98. The fourth-order valence-corrected chi connectivity index (χ4v) is 6.02. The van der Waals surface area contributed by atoms with E-state index in [9.17, 15) is 18.8 Å². The molecule has 3 aromatic heterocycles. The maximum absolute atomic E-state index is 14.4. The molecule has 0 bridgehead atoms. The van der Waals surface area contributed by atoms with Gasteiger partial charge in [-0.2, -0.15) is 10.2 Å². The molecule has 1 amide bonds. The number of carbonyl (C=O) groups excluding carboxylic acids is 1. The van der Waals surface area contributed by atoms with Crippen LogP contribution < -0.4 is 27.0 Å². The van der Waals surface area contributed by atoms with Crippen LogP contribution in [0, 0.1) is 12.7 Å². The lowest BCUT2D eigenvalue weighted by molar-refractivity contribution is -0.122. The van der Waals surface area contributed by atoms with Gasteiger partial charge in [-0.15, -0.1) is 4.80 Å². The molecule has 1 aromatic carbocycles. The SMILES string of the molecule is COc1ccc(F)cc1[C@H](Cn1c(=O)n([C@@H]2CCNC2=O)c(=O)c2c(C)c(-n3nccn3)sc21)OCCCN. The number of aryl methyl sites for hydroxylation is 1. The van der Waals surface area contributed by atoms with E-state index in [4.69, 9.17) is 15.2 Å². The first-order valence-electron chi connectivity index (χ1n) is 12.4. The third kappa shape index (κ3) is 4.86. The molecule has 0 aliphatic carbocycles. The third-order valence-electron chi connectivity index (χ3n) is 6.70. The fourth-order valence-electron chi connectivity index (χ4n) is 4.80. The van der Waals surface area contributed by atoms with E-state index in [1.165, 1.54) is 58.4 Å². The van der Waals surface area contributed by atoms with Crippen molar-refractivity contribution in [2.75, 3.05) is 26.8 Å². The molecule has 4 aromatic rings. The lowest BCUT2D eigenvalue weighted by Gasteiger charge is -2.23. The van der Waals surface area contributed by atoms with E-state index >= 15 is 0 Å². The molecule has 3 N–H and O–H groups in total. The minimum absolute atomic E-state index is 0.0831. The molecule has 0 radical (unpaired) electrons. The number of hydrogen-bond acceptors (Lipinski definition) is 9. The van der Waals surface area contributed by atoms with Gasteiger partial charge in [-0.05, 0) is 44.5 Å². The molecule has 12 nitrogen and oxygen atoms in total. The number of nitrogens with two attached hydrogens (primary N) is 1. The van der Waals surface area contributed by atoms with Crippen LogP contribution in [0.1, 0.15) is 36.1 Å². The molecule has 39 heavy (non-hydrogen) atoms. The molecule has 0 spiro atoms. The van der Waals surface area contributed by atoms with Crippen molar-refractivity contribution in [2.24, 2.45) is 5.73 Å². The van der Waals surface area contributed by atoms with Gasteiger partial charge in [0.1, 0.15) is 33.5 Å². The first-order valence-corrected chi connectivity index (χ1v) is 13.2. The second kappa shape index (κ2) is 11.1. The first-order chi connectivity index (χ1) is 18.8. The van der Waals surface area contributed by atoms with Crippen molar-refractivity contribution in [2.45, 2.75) is 38.5 Å². The van der Waals surface area contributed by atoms with Gasteiger partial charge in [0.05, 0.1) is 31.4 Å². The number of methoxy groups -OCH3 is 1. The molecule has 2 atom stereocenters. The number of thiophene rings is 1. The lowest BCUT2D eigenvalue weighted by Crippen LogP contribution is -2.44. The Hall–Kier alpha value is -3.88. The summed E-state index contributed by atoms with van der Waals surface area (Å²) in [6, 6.07) is 3.11. The zero-order valence-electron chi connectivity index (χ0n) is 21.4. The van der Waals surface area contributed by atoms with Gasteiger partial charge in [0.15, 0.2) is 0 Å². The second-order valence-electron chi connectivity index (χ2n) is 9.08. The number of ether oxygens (including phenoxy) is 2. The number of fused-ring (bicyclic) bond motifs is 1. The number of rotatable bonds is 10. The zero-order chi connectivity index (χ0) is 27.7. The minimum Gasteiger partial charge on any atom is -0.496 e. The summed E-state index contributed by atoms with van der Waals surface area (Å²) in [7, 11) is 1.46. The van der Waals surface area contributed by atoms with Gasteiger partial charge < -0.3 is 20.5 Å². The highest BCUT2D eigenvalue weighted by atomic mass is 32.1. The molecular weight excluding hydrogens is 529 g/mol. The first kappa shape index (κ1) is 26.7. The number of halogens is 1. The predicted octanol–water partition coefficient (Wildman–Crippen LogP) is 1.43. The van der Waals surface area contributed by atoms with E-state index in [-0.39, 0.29) is 18.5 Å². The standard InChI is InChI=1S/C25H28FN7O5S/c1-14-20-22(35)32(17-6-8-28-21(17)34)25(36)31(24(20)39-23(14)33-29-9-10-30-33)13-19(38-11-3-7-27)16-12-15(26)4-5-18(16)37-2/h4-5,9-10,12,17,19H,3,6-8,11,13,27H2,1-2H3,(H,28,34)/t17-,19+/m1/s1. The van der Waals surface area contributed by atoms with Gasteiger partial charge >= 0.3 is 5.69 Å². The van der Waals surface area contributed by atoms with Gasteiger partial charge in [0.25, 0.3) is 5.56 Å². The van der Waals surface area contributed by atoms with Crippen LogP contribution in [-0.2, 0) is 16.1 Å². The molecule has 1 fully saturated rings. The van der Waals surface area contributed by atoms with Crippen LogP contribution in [0.4, 0.5) is 4.39 Å². The number of nitrogens with one attached hydrogen (secondary N) is 1. The Kier molecular flexibility index (Phi) is 7.59. The minimum atomic E-state index is -0.952. The Morgan fingerprint density at radius 1 is 1.26 bits per heavy atom. The van der Waals surface area contributed by atoms with E-state index in [2.05, 4.69) is 15.5 Å². The average molecular weight is 558 g/mol. The normalized spacial score (nSPS) is 16.1. The molecule has 206 valence electrons. The monoisotopic (exact) mass is 557 g/mol. The average Bonchev–Trinajstić information content (AvgIpc) is 3.67. The fraction of sp³-hybridized carbons (Fsp3) is 0.400. The van der Waals surface area contributed by atoms with Crippen molar-refractivity contribution in [1.29, 1.82) is 0 Å². The van der Waals surface area contributed by atoms with E-state index < -0.39 is 35.1 Å². The van der Waals surface area contributed by atoms with Crippen LogP contribution in [0.5, 0.6) is 5.75 Å². The van der Waals surface area contributed by atoms with Crippen molar-refractivity contribution in [3.8, 4) is 10.8 Å². The van der Waals surface area contributed by atoms with Gasteiger partial charge in [0.2, 0.25) is 5.91 Å². The topological polar surface area (TPSA) is 148 Å². The highest BCUT2D eigenvalue weighted by molar-refractivity contribution is 7.21. The van der Waals surface area contributed by atoms with Gasteiger partial charge in [0, 0.05) is 24.3 Å². The summed E-state index contributed by atoms with van der Waals surface area (Å²) in [5, 5.41) is 11.9.